The summed E-state index contributed by atoms with van der Waals surface area (Å²) in [5.74, 6) is 0. The molecule has 0 saturated carbocycles. The molecule has 2 rings (SSSR count). The molecule has 92 valence electrons. The molecule has 2 aromatic heterocycles. The van der Waals surface area contributed by atoms with E-state index in [0.29, 0.717) is 6.04 Å². The van der Waals surface area contributed by atoms with Gasteiger partial charge in [0, 0.05) is 17.1 Å². The van der Waals surface area contributed by atoms with Gasteiger partial charge in [-0.25, -0.2) is 4.98 Å². The molecule has 0 aliphatic heterocycles. The SMILES string of the molecule is CCCC(c1cccs1)n1cncc1[C@@H](C)N. The van der Waals surface area contributed by atoms with E-state index in [0.717, 1.165) is 18.5 Å². The minimum absolute atomic E-state index is 0.0248. The second-order valence-corrected chi connectivity index (χ2v) is 5.31. The first-order valence-electron chi connectivity index (χ1n) is 6.04. The molecule has 4 heteroatoms. The molecule has 1 unspecified atom stereocenters. The lowest BCUT2D eigenvalue weighted by atomic mass is 10.1. The van der Waals surface area contributed by atoms with Gasteiger partial charge >= 0.3 is 0 Å². The zero-order chi connectivity index (χ0) is 12.3. The first kappa shape index (κ1) is 12.3. The third-order valence-corrected chi connectivity index (χ3v) is 3.91. The molecule has 17 heavy (non-hydrogen) atoms. The van der Waals surface area contributed by atoms with E-state index in [1.54, 1.807) is 11.3 Å². The Hall–Kier alpha value is -1.13. The number of rotatable bonds is 5. The third-order valence-electron chi connectivity index (χ3n) is 2.93. The topological polar surface area (TPSA) is 43.8 Å². The minimum atomic E-state index is 0.0248. The minimum Gasteiger partial charge on any atom is -0.325 e. The summed E-state index contributed by atoms with van der Waals surface area (Å²) in [7, 11) is 0. The first-order valence-corrected chi connectivity index (χ1v) is 6.92. The van der Waals surface area contributed by atoms with Crippen molar-refractivity contribution >= 4 is 11.3 Å². The lowest BCUT2D eigenvalue weighted by molar-refractivity contribution is 0.511. The van der Waals surface area contributed by atoms with Crippen LogP contribution in [0.5, 0.6) is 0 Å². The number of aromatic nitrogens is 2. The van der Waals surface area contributed by atoms with Gasteiger partial charge in [-0.1, -0.05) is 19.4 Å². The van der Waals surface area contributed by atoms with Crippen molar-refractivity contribution in [2.45, 2.75) is 38.8 Å². The lowest BCUT2D eigenvalue weighted by Gasteiger charge is -2.20. The Morgan fingerprint density at radius 1 is 1.53 bits per heavy atom. The van der Waals surface area contributed by atoms with Gasteiger partial charge in [-0.15, -0.1) is 11.3 Å². The summed E-state index contributed by atoms with van der Waals surface area (Å²) in [6, 6.07) is 4.70. The van der Waals surface area contributed by atoms with Crippen LogP contribution in [0.1, 0.15) is 49.3 Å². The summed E-state index contributed by atoms with van der Waals surface area (Å²) in [6.07, 6.45) is 6.05. The fourth-order valence-corrected chi connectivity index (χ4v) is 2.96. The van der Waals surface area contributed by atoms with Gasteiger partial charge < -0.3 is 10.3 Å². The van der Waals surface area contributed by atoms with Gasteiger partial charge in [0.05, 0.1) is 18.1 Å². The highest BCUT2D eigenvalue weighted by atomic mass is 32.1. The van der Waals surface area contributed by atoms with E-state index in [-0.39, 0.29) is 6.04 Å². The van der Waals surface area contributed by atoms with Gasteiger partial charge in [-0.2, -0.15) is 0 Å². The Morgan fingerprint density at radius 3 is 2.94 bits per heavy atom. The van der Waals surface area contributed by atoms with E-state index in [2.05, 4.69) is 34.0 Å². The molecule has 0 aliphatic carbocycles. The molecule has 0 amide bonds. The van der Waals surface area contributed by atoms with Crippen LogP contribution in [0.15, 0.2) is 30.0 Å². The Kier molecular flexibility index (Phi) is 3.97. The standard InChI is InChI=1S/C13H19N3S/c1-3-5-11(13-6-4-7-17-13)16-9-15-8-12(16)10(2)14/h4,6-11H,3,5,14H2,1-2H3/t10-,11?/m1/s1. The number of nitrogens with two attached hydrogens (primary N) is 1. The normalized spacial score (nSPS) is 14.8. The highest BCUT2D eigenvalue weighted by Crippen LogP contribution is 2.29. The molecule has 0 spiro atoms. The summed E-state index contributed by atoms with van der Waals surface area (Å²) in [4.78, 5) is 5.63. The summed E-state index contributed by atoms with van der Waals surface area (Å²) >= 11 is 1.80. The van der Waals surface area contributed by atoms with Crippen molar-refractivity contribution in [1.82, 2.24) is 9.55 Å². The van der Waals surface area contributed by atoms with Gasteiger partial charge in [-0.05, 0) is 24.8 Å². The van der Waals surface area contributed by atoms with Gasteiger partial charge in [0.25, 0.3) is 0 Å². The predicted molar refractivity (Wildman–Crippen MR) is 72.2 cm³/mol. The highest BCUT2D eigenvalue weighted by molar-refractivity contribution is 7.10. The summed E-state index contributed by atoms with van der Waals surface area (Å²) in [5, 5.41) is 2.13. The van der Waals surface area contributed by atoms with Crippen LogP contribution in [-0.2, 0) is 0 Å². The van der Waals surface area contributed by atoms with E-state index in [4.69, 9.17) is 5.73 Å². The third kappa shape index (κ3) is 2.58. The van der Waals surface area contributed by atoms with E-state index < -0.39 is 0 Å². The van der Waals surface area contributed by atoms with Gasteiger partial charge in [-0.3, -0.25) is 0 Å². The zero-order valence-corrected chi connectivity index (χ0v) is 11.2. The number of hydrogen-bond donors (Lipinski definition) is 1. The van der Waals surface area contributed by atoms with Gasteiger partial charge in [0.2, 0.25) is 0 Å². The molecular weight excluding hydrogens is 230 g/mol. The Balaban J connectivity index is 2.36. The fraction of sp³-hybridized carbons (Fsp3) is 0.462. The molecule has 0 aromatic carbocycles. The molecule has 2 aromatic rings. The maximum atomic E-state index is 5.99. The van der Waals surface area contributed by atoms with E-state index in [1.165, 1.54) is 4.88 Å². The zero-order valence-electron chi connectivity index (χ0n) is 10.3. The first-order chi connectivity index (χ1) is 8.24. The van der Waals surface area contributed by atoms with Crippen molar-refractivity contribution < 1.29 is 0 Å². The molecule has 0 saturated heterocycles. The maximum Gasteiger partial charge on any atom is 0.0954 e. The van der Waals surface area contributed by atoms with Gasteiger partial charge in [0.15, 0.2) is 0 Å². The van der Waals surface area contributed by atoms with Crippen LogP contribution in [0.3, 0.4) is 0 Å². The van der Waals surface area contributed by atoms with Crippen molar-refractivity contribution in [3.05, 3.63) is 40.6 Å². The number of thiophene rings is 1. The van der Waals surface area contributed by atoms with Crippen LogP contribution < -0.4 is 5.73 Å². The van der Waals surface area contributed by atoms with Crippen LogP contribution in [0, 0.1) is 0 Å². The molecule has 0 bridgehead atoms. The van der Waals surface area contributed by atoms with Crippen LogP contribution in [0.4, 0.5) is 0 Å². The number of hydrogen-bond acceptors (Lipinski definition) is 3. The smallest absolute Gasteiger partial charge is 0.0954 e. The van der Waals surface area contributed by atoms with Crippen molar-refractivity contribution in [2.75, 3.05) is 0 Å². The highest BCUT2D eigenvalue weighted by Gasteiger charge is 2.18. The van der Waals surface area contributed by atoms with Crippen molar-refractivity contribution in [2.24, 2.45) is 5.73 Å². The molecule has 0 radical (unpaired) electrons. The largest absolute Gasteiger partial charge is 0.325 e. The average Bonchev–Trinajstić information content (AvgIpc) is 2.96. The van der Waals surface area contributed by atoms with E-state index >= 15 is 0 Å². The Bertz CT molecular complexity index is 445. The average molecular weight is 249 g/mol. The van der Waals surface area contributed by atoms with E-state index in [9.17, 15) is 0 Å². The molecule has 2 heterocycles. The van der Waals surface area contributed by atoms with Crippen molar-refractivity contribution in [1.29, 1.82) is 0 Å². The molecule has 2 atom stereocenters. The predicted octanol–water partition coefficient (Wildman–Crippen LogP) is 3.35. The Labute approximate surface area is 106 Å². The molecule has 0 aliphatic rings. The maximum absolute atomic E-state index is 5.99. The lowest BCUT2D eigenvalue weighted by Crippen LogP contribution is -2.16. The van der Waals surface area contributed by atoms with Crippen molar-refractivity contribution in [3.63, 3.8) is 0 Å². The Morgan fingerprint density at radius 2 is 2.35 bits per heavy atom. The molecule has 0 fully saturated rings. The number of imidazole rings is 1. The quantitative estimate of drug-likeness (QED) is 0.883. The van der Waals surface area contributed by atoms with Crippen LogP contribution in [0.25, 0.3) is 0 Å². The van der Waals surface area contributed by atoms with Crippen LogP contribution in [0.2, 0.25) is 0 Å². The van der Waals surface area contributed by atoms with Crippen LogP contribution >= 0.6 is 11.3 Å². The molecule has 2 N–H and O–H groups in total. The van der Waals surface area contributed by atoms with E-state index in [1.807, 2.05) is 19.4 Å². The number of nitrogens with zero attached hydrogens (tertiary/aromatic N) is 2. The van der Waals surface area contributed by atoms with Crippen molar-refractivity contribution in [3.8, 4) is 0 Å². The molecule has 3 nitrogen and oxygen atoms in total. The monoisotopic (exact) mass is 249 g/mol. The second kappa shape index (κ2) is 5.47. The summed E-state index contributed by atoms with van der Waals surface area (Å²) in [5.41, 5.74) is 7.10. The van der Waals surface area contributed by atoms with Gasteiger partial charge in [0.1, 0.15) is 0 Å². The summed E-state index contributed by atoms with van der Waals surface area (Å²) in [6.45, 7) is 4.22. The fourth-order valence-electron chi connectivity index (χ4n) is 2.10. The molecular formula is C13H19N3S. The summed E-state index contributed by atoms with van der Waals surface area (Å²) < 4.78 is 2.22. The second-order valence-electron chi connectivity index (χ2n) is 4.33. The van der Waals surface area contributed by atoms with Crippen LogP contribution in [-0.4, -0.2) is 9.55 Å².